The maximum atomic E-state index is 10.2. The van der Waals surface area contributed by atoms with Gasteiger partial charge in [0.1, 0.15) is 6.29 Å². The quantitative estimate of drug-likeness (QED) is 0.439. The van der Waals surface area contributed by atoms with E-state index in [1.807, 2.05) is 0 Å². The molecule has 0 aromatic rings. The van der Waals surface area contributed by atoms with Crippen LogP contribution in [0.25, 0.3) is 0 Å². The van der Waals surface area contributed by atoms with Crippen LogP contribution < -0.4 is 0 Å². The summed E-state index contributed by atoms with van der Waals surface area (Å²) in [5, 5.41) is 0. The minimum atomic E-state index is 0.629. The molecule has 0 aromatic heterocycles. The molecule has 0 radical (unpaired) electrons. The Bertz CT molecular complexity index is 138. The second-order valence-corrected chi connectivity index (χ2v) is 3.26. The molecule has 1 unspecified atom stereocenters. The molecule has 1 atom stereocenters. The molecule has 62 valence electrons. The van der Waals surface area contributed by atoms with E-state index in [9.17, 15) is 4.79 Å². The number of carbonyl (C=O) groups excluding carboxylic acids is 1. The molecule has 1 rings (SSSR count). The molecular formula is C10H16O. The largest absolute Gasteiger partial charge is 0.303 e. The first kappa shape index (κ1) is 8.51. The van der Waals surface area contributed by atoms with E-state index in [2.05, 4.69) is 12.2 Å². The van der Waals surface area contributed by atoms with E-state index in [1.54, 1.807) is 0 Å². The topological polar surface area (TPSA) is 17.1 Å². The molecule has 1 aliphatic carbocycles. The Kier molecular flexibility index (Phi) is 3.95. The molecular weight excluding hydrogens is 136 g/mol. The molecule has 1 heteroatoms. The van der Waals surface area contributed by atoms with E-state index in [-0.39, 0.29) is 0 Å². The fraction of sp³-hybridized carbons (Fsp3) is 0.700. The molecule has 11 heavy (non-hydrogen) atoms. The average molecular weight is 152 g/mol. The molecule has 0 saturated heterocycles. The second kappa shape index (κ2) is 5.11. The Morgan fingerprint density at radius 3 is 3.09 bits per heavy atom. The summed E-state index contributed by atoms with van der Waals surface area (Å²) in [6.07, 6.45) is 12.5. The molecule has 0 saturated carbocycles. The van der Waals surface area contributed by atoms with Crippen molar-refractivity contribution in [3.63, 3.8) is 0 Å². The third-order valence-electron chi connectivity index (χ3n) is 2.30. The highest BCUT2D eigenvalue weighted by molar-refractivity contribution is 5.49. The van der Waals surface area contributed by atoms with Gasteiger partial charge >= 0.3 is 0 Å². The lowest BCUT2D eigenvalue weighted by atomic mass is 9.93. The Hall–Kier alpha value is -0.590. The van der Waals surface area contributed by atoms with Gasteiger partial charge in [0.15, 0.2) is 0 Å². The molecule has 0 bridgehead atoms. The van der Waals surface area contributed by atoms with Crippen LogP contribution in [-0.4, -0.2) is 6.29 Å². The van der Waals surface area contributed by atoms with Crippen LogP contribution in [-0.2, 0) is 4.79 Å². The van der Waals surface area contributed by atoms with Crippen LogP contribution in [0.4, 0.5) is 0 Å². The molecule has 0 spiro atoms. The van der Waals surface area contributed by atoms with Gasteiger partial charge in [-0.1, -0.05) is 18.6 Å². The average Bonchev–Trinajstić information content (AvgIpc) is 1.94. The van der Waals surface area contributed by atoms with Crippen molar-refractivity contribution in [3.05, 3.63) is 12.2 Å². The first-order valence-electron chi connectivity index (χ1n) is 4.52. The van der Waals surface area contributed by atoms with Crippen LogP contribution in [0.5, 0.6) is 0 Å². The fourth-order valence-corrected chi connectivity index (χ4v) is 1.57. The zero-order valence-electron chi connectivity index (χ0n) is 6.96. The van der Waals surface area contributed by atoms with Crippen LogP contribution >= 0.6 is 0 Å². The number of allylic oxidation sites excluding steroid dienone is 2. The number of carbonyl (C=O) groups is 1. The standard InChI is InChI=1S/C10H16O/c11-9-8-10-6-4-2-1-3-5-7-10/h2,4,9-10H,1,3,5-8H2/b4-2-. The van der Waals surface area contributed by atoms with Gasteiger partial charge in [0.25, 0.3) is 0 Å². The molecule has 0 heterocycles. The third kappa shape index (κ3) is 3.35. The summed E-state index contributed by atoms with van der Waals surface area (Å²) in [7, 11) is 0. The van der Waals surface area contributed by atoms with Crippen molar-refractivity contribution in [2.24, 2.45) is 5.92 Å². The van der Waals surface area contributed by atoms with E-state index in [1.165, 1.54) is 25.7 Å². The molecule has 1 nitrogen and oxygen atoms in total. The molecule has 0 fully saturated rings. The first-order valence-corrected chi connectivity index (χ1v) is 4.52. The Balaban J connectivity index is 2.31. The Labute approximate surface area is 68.5 Å². The van der Waals surface area contributed by atoms with Crippen molar-refractivity contribution in [1.29, 1.82) is 0 Å². The maximum Gasteiger partial charge on any atom is 0.120 e. The van der Waals surface area contributed by atoms with Gasteiger partial charge in [-0.15, -0.1) is 0 Å². The summed E-state index contributed by atoms with van der Waals surface area (Å²) in [6, 6.07) is 0. The number of hydrogen-bond acceptors (Lipinski definition) is 1. The number of aldehydes is 1. The third-order valence-corrected chi connectivity index (χ3v) is 2.30. The SMILES string of the molecule is O=CCC1C/C=C\CCCC1. The lowest BCUT2D eigenvalue weighted by Gasteiger charge is -2.12. The van der Waals surface area contributed by atoms with Crippen molar-refractivity contribution in [3.8, 4) is 0 Å². The summed E-state index contributed by atoms with van der Waals surface area (Å²) in [5.41, 5.74) is 0. The molecule has 0 amide bonds. The van der Waals surface area contributed by atoms with Crippen molar-refractivity contribution >= 4 is 6.29 Å². The summed E-state index contributed by atoms with van der Waals surface area (Å²) >= 11 is 0. The highest BCUT2D eigenvalue weighted by Crippen LogP contribution is 2.19. The van der Waals surface area contributed by atoms with Gasteiger partial charge in [-0.25, -0.2) is 0 Å². The van der Waals surface area contributed by atoms with Gasteiger partial charge in [-0.2, -0.15) is 0 Å². The molecule has 0 N–H and O–H groups in total. The van der Waals surface area contributed by atoms with Crippen LogP contribution in [0.2, 0.25) is 0 Å². The zero-order valence-corrected chi connectivity index (χ0v) is 6.96. The minimum absolute atomic E-state index is 0.629. The van der Waals surface area contributed by atoms with Crippen LogP contribution in [0.3, 0.4) is 0 Å². The van der Waals surface area contributed by atoms with Gasteiger partial charge in [0.2, 0.25) is 0 Å². The maximum absolute atomic E-state index is 10.2. The van der Waals surface area contributed by atoms with Gasteiger partial charge < -0.3 is 4.79 Å². The lowest BCUT2D eigenvalue weighted by molar-refractivity contribution is -0.108. The molecule has 0 aliphatic heterocycles. The summed E-state index contributed by atoms with van der Waals surface area (Å²) in [5.74, 6) is 0.629. The summed E-state index contributed by atoms with van der Waals surface area (Å²) in [6.45, 7) is 0. The zero-order chi connectivity index (χ0) is 7.94. The predicted molar refractivity (Wildman–Crippen MR) is 46.4 cm³/mol. The lowest BCUT2D eigenvalue weighted by Crippen LogP contribution is -2.01. The van der Waals surface area contributed by atoms with Crippen molar-refractivity contribution in [2.75, 3.05) is 0 Å². The first-order chi connectivity index (χ1) is 5.43. The number of hydrogen-bond donors (Lipinski definition) is 0. The Morgan fingerprint density at radius 2 is 2.27 bits per heavy atom. The highest BCUT2D eigenvalue weighted by Gasteiger charge is 2.06. The van der Waals surface area contributed by atoms with Crippen molar-refractivity contribution in [2.45, 2.75) is 38.5 Å². The summed E-state index contributed by atoms with van der Waals surface area (Å²) < 4.78 is 0. The number of rotatable bonds is 2. The van der Waals surface area contributed by atoms with Gasteiger partial charge in [-0.05, 0) is 31.6 Å². The van der Waals surface area contributed by atoms with Crippen LogP contribution in [0, 0.1) is 5.92 Å². The van der Waals surface area contributed by atoms with Gasteiger partial charge in [0, 0.05) is 6.42 Å². The van der Waals surface area contributed by atoms with Gasteiger partial charge in [0.05, 0.1) is 0 Å². The van der Waals surface area contributed by atoms with E-state index in [0.717, 1.165) is 19.1 Å². The predicted octanol–water partition coefficient (Wildman–Crippen LogP) is 2.71. The minimum Gasteiger partial charge on any atom is -0.303 e. The Morgan fingerprint density at radius 1 is 1.36 bits per heavy atom. The van der Waals surface area contributed by atoms with Crippen LogP contribution in [0.15, 0.2) is 12.2 Å². The van der Waals surface area contributed by atoms with Crippen molar-refractivity contribution in [1.82, 2.24) is 0 Å². The normalized spacial score (nSPS) is 28.5. The van der Waals surface area contributed by atoms with Crippen molar-refractivity contribution < 1.29 is 4.79 Å². The van der Waals surface area contributed by atoms with E-state index in [0.29, 0.717) is 5.92 Å². The summed E-state index contributed by atoms with van der Waals surface area (Å²) in [4.78, 5) is 10.2. The molecule has 0 aromatic carbocycles. The smallest absolute Gasteiger partial charge is 0.120 e. The van der Waals surface area contributed by atoms with E-state index in [4.69, 9.17) is 0 Å². The highest BCUT2D eigenvalue weighted by atomic mass is 16.1. The van der Waals surface area contributed by atoms with Crippen LogP contribution in [0.1, 0.15) is 38.5 Å². The van der Waals surface area contributed by atoms with E-state index >= 15 is 0 Å². The monoisotopic (exact) mass is 152 g/mol. The molecule has 1 aliphatic rings. The van der Waals surface area contributed by atoms with E-state index < -0.39 is 0 Å². The van der Waals surface area contributed by atoms with Gasteiger partial charge in [-0.3, -0.25) is 0 Å². The second-order valence-electron chi connectivity index (χ2n) is 3.26. The fourth-order valence-electron chi connectivity index (χ4n) is 1.57.